The molecule has 1 aromatic heterocycles. The van der Waals surface area contributed by atoms with Crippen LogP contribution in [-0.4, -0.2) is 65.6 Å². The van der Waals surface area contributed by atoms with E-state index in [2.05, 4.69) is 22.4 Å². The van der Waals surface area contributed by atoms with Crippen LogP contribution in [0, 0.1) is 11.8 Å². The van der Waals surface area contributed by atoms with Crippen LogP contribution in [-0.2, 0) is 24.0 Å². The third kappa shape index (κ3) is 5.31. The Balaban J connectivity index is 1.77. The van der Waals surface area contributed by atoms with Crippen LogP contribution in [0.3, 0.4) is 0 Å². The molecule has 0 bridgehead atoms. The molecule has 0 amide bonds. The van der Waals surface area contributed by atoms with Gasteiger partial charge in [0.2, 0.25) is 9.84 Å². The maximum atomic E-state index is 13.1. The highest BCUT2D eigenvalue weighted by Gasteiger charge is 2.44. The SMILES string of the molecule is CO[C@@H](C)[C@@H](C)[C@@H]1OC(C)(C)O[C@@H](CCS(=O)(=O)c2nnnn2-c2ccccc2)[C@H]1C. The van der Waals surface area contributed by atoms with Crippen LogP contribution in [0.2, 0.25) is 0 Å². The van der Waals surface area contributed by atoms with E-state index in [0.29, 0.717) is 12.1 Å². The van der Waals surface area contributed by atoms with E-state index in [-0.39, 0.29) is 41.1 Å². The van der Waals surface area contributed by atoms with Crippen LogP contribution in [0.1, 0.15) is 41.0 Å². The summed E-state index contributed by atoms with van der Waals surface area (Å²) in [4.78, 5) is 0. The van der Waals surface area contributed by atoms with Crippen LogP contribution in [0.4, 0.5) is 0 Å². The van der Waals surface area contributed by atoms with Gasteiger partial charge in [-0.05, 0) is 49.8 Å². The van der Waals surface area contributed by atoms with Crippen LogP contribution in [0.5, 0.6) is 0 Å². The van der Waals surface area contributed by atoms with Crippen molar-refractivity contribution in [1.29, 1.82) is 0 Å². The fourth-order valence-corrected chi connectivity index (χ4v) is 5.29. The van der Waals surface area contributed by atoms with Gasteiger partial charge in [0, 0.05) is 18.9 Å². The van der Waals surface area contributed by atoms with Gasteiger partial charge in [-0.15, -0.1) is 0 Å². The van der Waals surface area contributed by atoms with Gasteiger partial charge in [0.05, 0.1) is 29.8 Å². The number of aromatic nitrogens is 4. The van der Waals surface area contributed by atoms with Gasteiger partial charge in [-0.3, -0.25) is 0 Å². The molecular formula is C21H32N4O5S. The number of rotatable bonds is 8. The average Bonchev–Trinajstić information content (AvgIpc) is 3.24. The molecular weight excluding hydrogens is 420 g/mol. The molecule has 9 nitrogen and oxygen atoms in total. The molecule has 3 rings (SSSR count). The van der Waals surface area contributed by atoms with Crippen LogP contribution >= 0.6 is 0 Å². The third-order valence-electron chi connectivity index (χ3n) is 5.98. The zero-order valence-corrected chi connectivity index (χ0v) is 19.7. The lowest BCUT2D eigenvalue weighted by molar-refractivity contribution is -0.330. The number of hydrogen-bond donors (Lipinski definition) is 0. The lowest BCUT2D eigenvalue weighted by atomic mass is 9.84. The van der Waals surface area contributed by atoms with Crippen molar-refractivity contribution in [2.45, 2.75) is 70.3 Å². The molecule has 10 heteroatoms. The molecule has 0 radical (unpaired) electrons. The number of nitrogens with zero attached hydrogens (tertiary/aromatic N) is 4. The average molecular weight is 453 g/mol. The molecule has 5 atom stereocenters. The van der Waals surface area contributed by atoms with E-state index in [0.717, 1.165) is 0 Å². The summed E-state index contributed by atoms with van der Waals surface area (Å²) < 4.78 is 45.3. The van der Waals surface area contributed by atoms with Crippen molar-refractivity contribution >= 4 is 9.84 Å². The predicted octanol–water partition coefficient (Wildman–Crippen LogP) is 2.65. The monoisotopic (exact) mass is 452 g/mol. The van der Waals surface area contributed by atoms with Crippen LogP contribution in [0.15, 0.2) is 35.5 Å². The Bertz CT molecular complexity index is 963. The summed E-state index contributed by atoms with van der Waals surface area (Å²) in [7, 11) is -2.06. The summed E-state index contributed by atoms with van der Waals surface area (Å²) in [6.45, 7) is 9.83. The van der Waals surface area contributed by atoms with Crippen molar-refractivity contribution in [1.82, 2.24) is 20.2 Å². The first-order chi connectivity index (χ1) is 14.6. The summed E-state index contributed by atoms with van der Waals surface area (Å²) in [5, 5.41) is 11.1. The van der Waals surface area contributed by atoms with Gasteiger partial charge >= 0.3 is 0 Å². The lowest BCUT2D eigenvalue weighted by Crippen LogP contribution is -2.54. The topological polar surface area (TPSA) is 105 Å². The molecule has 0 N–H and O–H groups in total. The second-order valence-corrected chi connectivity index (χ2v) is 10.6. The number of benzene rings is 1. The van der Waals surface area contributed by atoms with E-state index < -0.39 is 15.6 Å². The van der Waals surface area contributed by atoms with E-state index >= 15 is 0 Å². The molecule has 0 spiro atoms. The number of tetrazole rings is 1. The molecule has 2 aromatic rings. The Morgan fingerprint density at radius 2 is 1.87 bits per heavy atom. The zero-order valence-electron chi connectivity index (χ0n) is 18.9. The highest BCUT2D eigenvalue weighted by atomic mass is 32.2. The third-order valence-corrected chi connectivity index (χ3v) is 7.57. The summed E-state index contributed by atoms with van der Waals surface area (Å²) in [5.74, 6) is -0.848. The largest absolute Gasteiger partial charge is 0.381 e. The van der Waals surface area contributed by atoms with Crippen molar-refractivity contribution in [2.75, 3.05) is 12.9 Å². The number of hydrogen-bond acceptors (Lipinski definition) is 8. The molecule has 31 heavy (non-hydrogen) atoms. The highest BCUT2D eigenvalue weighted by Crippen LogP contribution is 2.37. The van der Waals surface area contributed by atoms with Gasteiger partial charge in [0.15, 0.2) is 5.79 Å². The first-order valence-electron chi connectivity index (χ1n) is 10.5. The van der Waals surface area contributed by atoms with E-state index in [1.54, 1.807) is 31.4 Å². The van der Waals surface area contributed by atoms with Gasteiger partial charge in [-0.1, -0.05) is 37.1 Å². The molecule has 1 aromatic carbocycles. The number of sulfone groups is 1. The Hall–Kier alpha value is -1.88. The molecule has 0 aliphatic carbocycles. The molecule has 2 heterocycles. The molecule has 0 unspecified atom stereocenters. The van der Waals surface area contributed by atoms with E-state index in [1.165, 1.54) is 4.68 Å². The van der Waals surface area contributed by atoms with Crippen molar-refractivity contribution < 1.29 is 22.6 Å². The van der Waals surface area contributed by atoms with Gasteiger partial charge in [-0.2, -0.15) is 4.68 Å². The first kappa shape index (κ1) is 23.8. The summed E-state index contributed by atoms with van der Waals surface area (Å²) in [6, 6.07) is 8.95. The molecule has 172 valence electrons. The van der Waals surface area contributed by atoms with Crippen molar-refractivity contribution in [2.24, 2.45) is 11.8 Å². The van der Waals surface area contributed by atoms with Gasteiger partial charge in [0.25, 0.3) is 5.16 Å². The Kier molecular flexibility index (Phi) is 7.14. The van der Waals surface area contributed by atoms with Crippen LogP contribution in [0.25, 0.3) is 5.69 Å². The minimum atomic E-state index is -3.73. The van der Waals surface area contributed by atoms with Gasteiger partial charge in [-0.25, -0.2) is 8.42 Å². The smallest absolute Gasteiger partial charge is 0.272 e. The second-order valence-electron chi connectivity index (χ2n) is 8.61. The molecule has 1 aliphatic heterocycles. The maximum Gasteiger partial charge on any atom is 0.272 e. The lowest BCUT2D eigenvalue weighted by Gasteiger charge is -2.47. The van der Waals surface area contributed by atoms with Gasteiger partial charge < -0.3 is 14.2 Å². The quantitative estimate of drug-likeness (QED) is 0.602. The molecule has 1 aliphatic rings. The Morgan fingerprint density at radius 3 is 2.52 bits per heavy atom. The minimum Gasteiger partial charge on any atom is -0.381 e. The van der Waals surface area contributed by atoms with Crippen molar-refractivity contribution in [3.63, 3.8) is 0 Å². The predicted molar refractivity (Wildman–Crippen MR) is 114 cm³/mol. The first-order valence-corrected chi connectivity index (χ1v) is 12.2. The Morgan fingerprint density at radius 1 is 1.19 bits per heavy atom. The van der Waals surface area contributed by atoms with E-state index in [9.17, 15) is 8.42 Å². The molecule has 1 saturated heterocycles. The molecule has 0 saturated carbocycles. The number of methoxy groups -OCH3 is 1. The van der Waals surface area contributed by atoms with Crippen molar-refractivity contribution in [3.05, 3.63) is 30.3 Å². The van der Waals surface area contributed by atoms with Gasteiger partial charge in [0.1, 0.15) is 0 Å². The number of para-hydroxylation sites is 1. The standard InChI is InChI=1S/C21H32N4O5S/c1-14(16(3)28-6)19-15(2)18(29-21(4,5)30-19)12-13-31(26,27)20-22-23-24-25(20)17-10-8-7-9-11-17/h7-11,14-16,18-19H,12-13H2,1-6H3/t14-,15-,16+,18+,19+/m1/s1. The summed E-state index contributed by atoms with van der Waals surface area (Å²) in [5.41, 5.74) is 0.588. The van der Waals surface area contributed by atoms with Crippen molar-refractivity contribution in [3.8, 4) is 5.69 Å². The van der Waals surface area contributed by atoms with E-state index in [1.807, 2.05) is 33.8 Å². The highest BCUT2D eigenvalue weighted by molar-refractivity contribution is 7.91. The number of ether oxygens (including phenoxy) is 3. The minimum absolute atomic E-state index is 0.00114. The summed E-state index contributed by atoms with van der Waals surface area (Å²) >= 11 is 0. The van der Waals surface area contributed by atoms with Crippen LogP contribution < -0.4 is 0 Å². The van der Waals surface area contributed by atoms with E-state index in [4.69, 9.17) is 14.2 Å². The maximum absolute atomic E-state index is 13.1. The Labute approximate surface area is 184 Å². The molecule has 1 fully saturated rings. The zero-order chi connectivity index (χ0) is 22.8. The fraction of sp³-hybridized carbons (Fsp3) is 0.667. The fourth-order valence-electron chi connectivity index (χ4n) is 4.00. The summed E-state index contributed by atoms with van der Waals surface area (Å²) in [6.07, 6.45) is -0.110. The second kappa shape index (κ2) is 9.32. The normalized spacial score (nSPS) is 25.8.